The lowest BCUT2D eigenvalue weighted by molar-refractivity contribution is -0.155. The minimum atomic E-state index is -1.11. The molecule has 0 aliphatic carbocycles. The molecule has 1 aromatic heterocycles. The predicted molar refractivity (Wildman–Crippen MR) is 77.4 cm³/mol. The lowest BCUT2D eigenvalue weighted by atomic mass is 10.1. The van der Waals surface area contributed by atoms with Crippen LogP contribution in [0, 0.1) is 5.82 Å². The maximum atomic E-state index is 13.9. The first-order valence-corrected chi connectivity index (χ1v) is 6.84. The number of carbonyl (C=O) groups excluding carboxylic acids is 1. The van der Waals surface area contributed by atoms with Gasteiger partial charge in [0.05, 0.1) is 12.8 Å². The van der Waals surface area contributed by atoms with Crippen molar-refractivity contribution in [1.82, 2.24) is 4.90 Å². The van der Waals surface area contributed by atoms with E-state index in [1.54, 1.807) is 44.2 Å². The lowest BCUT2D eigenvalue weighted by Gasteiger charge is -2.34. The summed E-state index contributed by atoms with van der Waals surface area (Å²) in [6, 6.07) is 9.66. The molecule has 0 saturated carbocycles. The third kappa shape index (κ3) is 2.47. The Hall–Kier alpha value is -2.63. The average Bonchev–Trinajstić information content (AvgIpc) is 3.00. The highest BCUT2D eigenvalue weighted by atomic mass is 19.1. The van der Waals surface area contributed by atoms with Crippen LogP contribution in [0.4, 0.5) is 4.39 Å². The van der Waals surface area contributed by atoms with Gasteiger partial charge < -0.3 is 9.25 Å². The van der Waals surface area contributed by atoms with Crippen molar-refractivity contribution in [3.05, 3.63) is 59.8 Å². The predicted octanol–water partition coefficient (Wildman–Crippen LogP) is 2.92. The van der Waals surface area contributed by atoms with E-state index >= 15 is 0 Å². The van der Waals surface area contributed by atoms with Crippen molar-refractivity contribution in [3.63, 3.8) is 0 Å². The van der Waals surface area contributed by atoms with Crippen LogP contribution in [0.2, 0.25) is 0 Å². The van der Waals surface area contributed by atoms with Gasteiger partial charge in [0.2, 0.25) is 11.4 Å². The van der Waals surface area contributed by atoms with Gasteiger partial charge in [-0.2, -0.15) is 0 Å². The third-order valence-electron chi connectivity index (χ3n) is 3.40. The van der Waals surface area contributed by atoms with Crippen LogP contribution in [0.5, 0.6) is 0 Å². The SMILES string of the molecule is CC1(C)ON=C(c2ccco2)N(Cc2ccccc2F)C1=O. The van der Waals surface area contributed by atoms with Crippen LogP contribution in [0.1, 0.15) is 25.2 Å². The van der Waals surface area contributed by atoms with Crippen molar-refractivity contribution >= 4 is 11.7 Å². The number of carbonyl (C=O) groups is 1. The maximum Gasteiger partial charge on any atom is 0.275 e. The molecule has 22 heavy (non-hydrogen) atoms. The molecule has 5 nitrogen and oxygen atoms in total. The molecular formula is C16H15FN2O3. The van der Waals surface area contributed by atoms with Crippen LogP contribution < -0.4 is 0 Å². The molecule has 0 radical (unpaired) electrons. The van der Waals surface area contributed by atoms with E-state index in [2.05, 4.69) is 5.16 Å². The number of furan rings is 1. The van der Waals surface area contributed by atoms with E-state index in [1.165, 1.54) is 17.2 Å². The number of amidine groups is 1. The summed E-state index contributed by atoms with van der Waals surface area (Å²) in [7, 11) is 0. The zero-order valence-electron chi connectivity index (χ0n) is 12.2. The Morgan fingerprint density at radius 1 is 1.23 bits per heavy atom. The Labute approximate surface area is 127 Å². The van der Waals surface area contributed by atoms with E-state index < -0.39 is 5.60 Å². The largest absolute Gasteiger partial charge is 0.461 e. The normalized spacial score (nSPS) is 17.1. The average molecular weight is 302 g/mol. The summed E-state index contributed by atoms with van der Waals surface area (Å²) < 4.78 is 19.2. The van der Waals surface area contributed by atoms with Gasteiger partial charge in [0.1, 0.15) is 5.82 Å². The van der Waals surface area contributed by atoms with Crippen LogP contribution in [0.15, 0.2) is 52.2 Å². The summed E-state index contributed by atoms with van der Waals surface area (Å²) >= 11 is 0. The van der Waals surface area contributed by atoms with Gasteiger partial charge in [0.15, 0.2) is 5.76 Å². The van der Waals surface area contributed by atoms with Crippen molar-refractivity contribution in [3.8, 4) is 0 Å². The first-order chi connectivity index (χ1) is 10.5. The summed E-state index contributed by atoms with van der Waals surface area (Å²) in [6.07, 6.45) is 1.48. The van der Waals surface area contributed by atoms with Gasteiger partial charge in [-0.05, 0) is 32.0 Å². The van der Waals surface area contributed by atoms with Crippen LogP contribution in [-0.4, -0.2) is 22.2 Å². The molecule has 0 bridgehead atoms. The highest BCUT2D eigenvalue weighted by Crippen LogP contribution is 2.25. The molecule has 2 heterocycles. The Kier molecular flexibility index (Phi) is 3.44. The number of nitrogens with zero attached hydrogens (tertiary/aromatic N) is 2. The quantitative estimate of drug-likeness (QED) is 0.876. The molecule has 1 amide bonds. The number of rotatable bonds is 3. The van der Waals surface area contributed by atoms with Gasteiger partial charge in [0.25, 0.3) is 5.91 Å². The van der Waals surface area contributed by atoms with Gasteiger partial charge in [-0.25, -0.2) is 4.39 Å². The van der Waals surface area contributed by atoms with Gasteiger partial charge in [-0.3, -0.25) is 9.69 Å². The lowest BCUT2D eigenvalue weighted by Crippen LogP contribution is -2.52. The number of benzene rings is 1. The molecule has 1 aromatic carbocycles. The zero-order valence-corrected chi connectivity index (χ0v) is 12.2. The molecule has 2 aromatic rings. The molecule has 0 spiro atoms. The van der Waals surface area contributed by atoms with Crippen molar-refractivity contribution in [1.29, 1.82) is 0 Å². The summed E-state index contributed by atoms with van der Waals surface area (Å²) in [4.78, 5) is 19.3. The molecule has 6 heteroatoms. The molecule has 0 saturated heterocycles. The molecule has 0 N–H and O–H groups in total. The van der Waals surface area contributed by atoms with E-state index in [9.17, 15) is 9.18 Å². The minimum absolute atomic E-state index is 0.0534. The fraction of sp³-hybridized carbons (Fsp3) is 0.250. The van der Waals surface area contributed by atoms with Gasteiger partial charge >= 0.3 is 0 Å². The van der Waals surface area contributed by atoms with Crippen LogP contribution in [0.25, 0.3) is 0 Å². The van der Waals surface area contributed by atoms with E-state index in [0.29, 0.717) is 11.3 Å². The highest BCUT2D eigenvalue weighted by Gasteiger charge is 2.42. The molecule has 0 unspecified atom stereocenters. The van der Waals surface area contributed by atoms with Crippen molar-refractivity contribution in [2.75, 3.05) is 0 Å². The fourth-order valence-corrected chi connectivity index (χ4v) is 2.19. The maximum absolute atomic E-state index is 13.9. The van der Waals surface area contributed by atoms with E-state index in [4.69, 9.17) is 9.25 Å². The summed E-state index contributed by atoms with van der Waals surface area (Å²) in [6.45, 7) is 3.29. The summed E-state index contributed by atoms with van der Waals surface area (Å²) in [5, 5.41) is 3.99. The highest BCUT2D eigenvalue weighted by molar-refractivity contribution is 6.09. The minimum Gasteiger partial charge on any atom is -0.461 e. The first kappa shape index (κ1) is 14.3. The molecule has 114 valence electrons. The van der Waals surface area contributed by atoms with Crippen molar-refractivity contribution in [2.45, 2.75) is 26.0 Å². The second-order valence-corrected chi connectivity index (χ2v) is 5.48. The zero-order chi connectivity index (χ0) is 15.7. The van der Waals surface area contributed by atoms with E-state index in [0.717, 1.165) is 0 Å². The van der Waals surface area contributed by atoms with Gasteiger partial charge in [-0.1, -0.05) is 23.4 Å². The molecule has 0 fully saturated rings. The summed E-state index contributed by atoms with van der Waals surface area (Å²) in [5.41, 5.74) is -0.714. The fourth-order valence-electron chi connectivity index (χ4n) is 2.19. The Morgan fingerprint density at radius 3 is 2.68 bits per heavy atom. The first-order valence-electron chi connectivity index (χ1n) is 6.84. The second kappa shape index (κ2) is 5.29. The van der Waals surface area contributed by atoms with E-state index in [1.807, 2.05) is 0 Å². The van der Waals surface area contributed by atoms with Crippen LogP contribution in [0.3, 0.4) is 0 Å². The van der Waals surface area contributed by atoms with Crippen molar-refractivity contribution in [2.24, 2.45) is 5.16 Å². The van der Waals surface area contributed by atoms with Gasteiger partial charge in [-0.15, -0.1) is 0 Å². The third-order valence-corrected chi connectivity index (χ3v) is 3.40. The molecule has 1 aliphatic rings. The van der Waals surface area contributed by atoms with Crippen LogP contribution >= 0.6 is 0 Å². The second-order valence-electron chi connectivity index (χ2n) is 5.48. The molecule has 3 rings (SSSR count). The van der Waals surface area contributed by atoms with Gasteiger partial charge in [0, 0.05) is 5.56 Å². The smallest absolute Gasteiger partial charge is 0.275 e. The Balaban J connectivity index is 2.00. The number of hydrogen-bond acceptors (Lipinski definition) is 4. The molecular weight excluding hydrogens is 287 g/mol. The number of hydrogen-bond donors (Lipinski definition) is 0. The van der Waals surface area contributed by atoms with Crippen LogP contribution in [-0.2, 0) is 16.2 Å². The Morgan fingerprint density at radius 2 is 2.00 bits per heavy atom. The molecule has 1 aliphatic heterocycles. The number of amides is 1. The van der Waals surface area contributed by atoms with E-state index in [-0.39, 0.29) is 24.1 Å². The molecule has 0 atom stereocenters. The topological polar surface area (TPSA) is 55.0 Å². The number of oxime groups is 1. The summed E-state index contributed by atoms with van der Waals surface area (Å²) in [5.74, 6) is -0.0617. The Bertz CT molecular complexity index is 723. The number of halogens is 1. The van der Waals surface area contributed by atoms with Crippen molar-refractivity contribution < 1.29 is 18.4 Å². The standard InChI is InChI=1S/C16H15FN2O3/c1-16(2)15(20)19(10-11-6-3-4-7-12(11)17)14(18-22-16)13-8-5-9-21-13/h3-9H,10H2,1-2H3. The monoisotopic (exact) mass is 302 g/mol.